The van der Waals surface area contributed by atoms with Gasteiger partial charge in [-0.1, -0.05) is 28.1 Å². The smallest absolute Gasteiger partial charge is 0.0861 e. The molecule has 2 aromatic rings. The number of thioether (sulfide) groups is 1. The molecule has 1 atom stereocenters. The molecule has 2 N–H and O–H groups in total. The highest BCUT2D eigenvalue weighted by atomic mass is 79.9. The van der Waals surface area contributed by atoms with E-state index < -0.39 is 6.10 Å². The number of benzene rings is 1. The number of hydrogen-bond acceptors (Lipinski definition) is 4. The third kappa shape index (κ3) is 3.23. The Labute approximate surface area is 118 Å². The lowest BCUT2D eigenvalue weighted by Crippen LogP contribution is -2.14. The Hall–Kier alpha value is -0.620. The highest BCUT2D eigenvalue weighted by Gasteiger charge is 2.07. The normalized spacial score (nSPS) is 12.8. The molecule has 0 aliphatic rings. The predicted molar refractivity (Wildman–Crippen MR) is 78.7 cm³/mol. The molecule has 0 saturated carbocycles. The van der Waals surface area contributed by atoms with Gasteiger partial charge in [0.1, 0.15) is 0 Å². The Kier molecular flexibility index (Phi) is 5.00. The van der Waals surface area contributed by atoms with Gasteiger partial charge >= 0.3 is 0 Å². The van der Waals surface area contributed by atoms with Crippen molar-refractivity contribution in [2.75, 3.05) is 12.4 Å². The number of aliphatic hydroxyl groups excluding tert-OH is 2. The molecular weight excluding hydrogens is 314 g/mol. The van der Waals surface area contributed by atoms with Crippen LogP contribution in [0.4, 0.5) is 0 Å². The Morgan fingerprint density at radius 1 is 1.33 bits per heavy atom. The standard InChI is InChI=1S/C13H14BrNO2S/c14-12-4-3-9(7-18-8-10(17)6-16)13-11(12)2-1-5-15-13/h1-5,10,16-17H,6-8H2. The second-order valence-corrected chi connectivity index (χ2v) is 5.84. The van der Waals surface area contributed by atoms with Crippen LogP contribution in [0.15, 0.2) is 34.9 Å². The molecule has 0 bridgehead atoms. The number of rotatable bonds is 5. The summed E-state index contributed by atoms with van der Waals surface area (Å²) in [6, 6.07) is 8.00. The van der Waals surface area contributed by atoms with Crippen LogP contribution in [0.1, 0.15) is 5.56 Å². The molecule has 1 heterocycles. The maximum Gasteiger partial charge on any atom is 0.0861 e. The van der Waals surface area contributed by atoms with Gasteiger partial charge in [-0.15, -0.1) is 0 Å². The first-order chi connectivity index (χ1) is 8.72. The average Bonchev–Trinajstić information content (AvgIpc) is 2.41. The number of halogens is 1. The summed E-state index contributed by atoms with van der Waals surface area (Å²) in [5.41, 5.74) is 2.13. The summed E-state index contributed by atoms with van der Waals surface area (Å²) in [4.78, 5) is 4.40. The lowest BCUT2D eigenvalue weighted by molar-refractivity contribution is 0.113. The zero-order valence-electron chi connectivity index (χ0n) is 9.71. The first-order valence-corrected chi connectivity index (χ1v) is 7.56. The number of nitrogens with zero attached hydrogens (tertiary/aromatic N) is 1. The molecule has 0 aliphatic carbocycles. The molecule has 5 heteroatoms. The second-order valence-electron chi connectivity index (χ2n) is 3.96. The van der Waals surface area contributed by atoms with Gasteiger partial charge < -0.3 is 10.2 Å². The second kappa shape index (κ2) is 6.52. The largest absolute Gasteiger partial charge is 0.394 e. The van der Waals surface area contributed by atoms with Gasteiger partial charge in [-0.05, 0) is 17.7 Å². The molecule has 1 aromatic heterocycles. The molecule has 0 spiro atoms. The van der Waals surface area contributed by atoms with Crippen LogP contribution in [0.5, 0.6) is 0 Å². The Morgan fingerprint density at radius 3 is 2.94 bits per heavy atom. The molecule has 1 unspecified atom stereocenters. The van der Waals surface area contributed by atoms with Gasteiger partial charge in [0.15, 0.2) is 0 Å². The van der Waals surface area contributed by atoms with E-state index in [-0.39, 0.29) is 6.61 Å². The van der Waals surface area contributed by atoms with Crippen molar-refractivity contribution in [3.05, 3.63) is 40.5 Å². The summed E-state index contributed by atoms with van der Waals surface area (Å²) in [5.74, 6) is 1.30. The van der Waals surface area contributed by atoms with Crippen LogP contribution in [0.25, 0.3) is 10.9 Å². The van der Waals surface area contributed by atoms with E-state index in [0.717, 1.165) is 26.7 Å². The van der Waals surface area contributed by atoms with E-state index >= 15 is 0 Å². The summed E-state index contributed by atoms with van der Waals surface area (Å²) in [6.07, 6.45) is 1.13. The molecule has 0 radical (unpaired) electrons. The number of pyridine rings is 1. The zero-order chi connectivity index (χ0) is 13.0. The Morgan fingerprint density at radius 2 is 2.17 bits per heavy atom. The average molecular weight is 328 g/mol. The molecule has 0 saturated heterocycles. The molecule has 96 valence electrons. The van der Waals surface area contributed by atoms with E-state index in [0.29, 0.717) is 5.75 Å². The predicted octanol–water partition coefficient (Wildman–Crippen LogP) is 2.58. The molecule has 2 rings (SSSR count). The summed E-state index contributed by atoms with van der Waals surface area (Å²) in [5, 5.41) is 19.2. The van der Waals surface area contributed by atoms with E-state index in [4.69, 9.17) is 5.11 Å². The first kappa shape index (κ1) is 13.8. The minimum absolute atomic E-state index is 0.188. The maximum atomic E-state index is 9.30. The van der Waals surface area contributed by atoms with Gasteiger partial charge in [0.2, 0.25) is 0 Å². The third-order valence-corrected chi connectivity index (χ3v) is 4.41. The van der Waals surface area contributed by atoms with E-state index in [1.807, 2.05) is 24.3 Å². The Balaban J connectivity index is 2.16. The lowest BCUT2D eigenvalue weighted by Gasteiger charge is -2.09. The number of aromatic nitrogens is 1. The SMILES string of the molecule is OCC(O)CSCc1ccc(Br)c2cccnc12. The van der Waals surface area contributed by atoms with Crippen molar-refractivity contribution in [1.29, 1.82) is 0 Å². The van der Waals surface area contributed by atoms with Crippen LogP contribution in [0.2, 0.25) is 0 Å². The van der Waals surface area contributed by atoms with Gasteiger partial charge in [-0.3, -0.25) is 4.98 Å². The van der Waals surface area contributed by atoms with Crippen LogP contribution in [-0.4, -0.2) is 33.7 Å². The number of fused-ring (bicyclic) bond motifs is 1. The monoisotopic (exact) mass is 327 g/mol. The quantitative estimate of drug-likeness (QED) is 0.886. The van der Waals surface area contributed by atoms with Gasteiger partial charge in [0, 0.05) is 27.6 Å². The van der Waals surface area contributed by atoms with Crippen molar-refractivity contribution in [2.45, 2.75) is 11.9 Å². The van der Waals surface area contributed by atoms with E-state index in [1.165, 1.54) is 0 Å². The van der Waals surface area contributed by atoms with Crippen molar-refractivity contribution < 1.29 is 10.2 Å². The molecule has 3 nitrogen and oxygen atoms in total. The van der Waals surface area contributed by atoms with E-state index in [2.05, 4.69) is 20.9 Å². The van der Waals surface area contributed by atoms with Gasteiger partial charge in [0.25, 0.3) is 0 Å². The zero-order valence-corrected chi connectivity index (χ0v) is 12.1. The van der Waals surface area contributed by atoms with Crippen LogP contribution >= 0.6 is 27.7 Å². The topological polar surface area (TPSA) is 53.4 Å². The van der Waals surface area contributed by atoms with Gasteiger partial charge in [-0.25, -0.2) is 0 Å². The molecule has 0 amide bonds. The highest BCUT2D eigenvalue weighted by molar-refractivity contribution is 9.10. The lowest BCUT2D eigenvalue weighted by atomic mass is 10.1. The summed E-state index contributed by atoms with van der Waals surface area (Å²) < 4.78 is 1.04. The van der Waals surface area contributed by atoms with Crippen LogP contribution in [0.3, 0.4) is 0 Å². The van der Waals surface area contributed by atoms with Crippen molar-refractivity contribution in [2.24, 2.45) is 0 Å². The third-order valence-electron chi connectivity index (χ3n) is 2.58. The van der Waals surface area contributed by atoms with Crippen molar-refractivity contribution in [3.8, 4) is 0 Å². The summed E-state index contributed by atoms with van der Waals surface area (Å²) >= 11 is 5.11. The van der Waals surface area contributed by atoms with Gasteiger partial charge in [0.05, 0.1) is 18.2 Å². The number of hydrogen-bond donors (Lipinski definition) is 2. The molecular formula is C13H14BrNO2S. The van der Waals surface area contributed by atoms with Crippen molar-refractivity contribution >= 4 is 38.6 Å². The van der Waals surface area contributed by atoms with Crippen molar-refractivity contribution in [1.82, 2.24) is 4.98 Å². The van der Waals surface area contributed by atoms with Crippen molar-refractivity contribution in [3.63, 3.8) is 0 Å². The fourth-order valence-corrected chi connectivity index (χ4v) is 3.07. The Bertz CT molecular complexity index is 535. The summed E-state index contributed by atoms with van der Waals surface area (Å²) in [6.45, 7) is -0.188. The molecule has 0 aliphatic heterocycles. The van der Waals surface area contributed by atoms with E-state index in [1.54, 1.807) is 18.0 Å². The molecule has 1 aromatic carbocycles. The summed E-state index contributed by atoms with van der Waals surface area (Å²) in [7, 11) is 0. The number of aliphatic hydroxyl groups is 2. The first-order valence-electron chi connectivity index (χ1n) is 5.61. The van der Waals surface area contributed by atoms with E-state index in [9.17, 15) is 5.11 Å². The highest BCUT2D eigenvalue weighted by Crippen LogP contribution is 2.27. The minimum Gasteiger partial charge on any atom is -0.394 e. The fraction of sp³-hybridized carbons (Fsp3) is 0.308. The van der Waals surface area contributed by atoms with Crippen LogP contribution in [0, 0.1) is 0 Å². The molecule has 18 heavy (non-hydrogen) atoms. The minimum atomic E-state index is -0.648. The maximum absolute atomic E-state index is 9.30. The fourth-order valence-electron chi connectivity index (χ4n) is 1.67. The van der Waals surface area contributed by atoms with Gasteiger partial charge in [-0.2, -0.15) is 11.8 Å². The van der Waals surface area contributed by atoms with Crippen LogP contribution in [-0.2, 0) is 5.75 Å². The van der Waals surface area contributed by atoms with Crippen LogP contribution < -0.4 is 0 Å². The molecule has 0 fully saturated rings.